The van der Waals surface area contributed by atoms with Gasteiger partial charge in [0, 0.05) is 14.2 Å². The second-order valence-electron chi connectivity index (χ2n) is 5.09. The number of allylic oxidation sites excluding steroid dienone is 2. The average Bonchev–Trinajstić information content (AvgIpc) is 2.74. The van der Waals surface area contributed by atoms with Gasteiger partial charge in [0.2, 0.25) is 0 Å². The van der Waals surface area contributed by atoms with Crippen LogP contribution in [0.1, 0.15) is 25.7 Å². The molecule has 1 saturated heterocycles. The van der Waals surface area contributed by atoms with E-state index in [9.17, 15) is 9.59 Å². The van der Waals surface area contributed by atoms with Crippen molar-refractivity contribution in [3.8, 4) is 0 Å². The molecule has 2 radical (unpaired) electrons. The van der Waals surface area contributed by atoms with Crippen molar-refractivity contribution in [1.82, 2.24) is 0 Å². The van der Waals surface area contributed by atoms with Crippen molar-refractivity contribution in [3.05, 3.63) is 11.3 Å². The number of hydrogen-bond donors (Lipinski definition) is 0. The Bertz CT molecular complexity index is 402. The van der Waals surface area contributed by atoms with Gasteiger partial charge in [0.15, 0.2) is 6.29 Å². The first-order valence-corrected chi connectivity index (χ1v) is 8.10. The van der Waals surface area contributed by atoms with Crippen molar-refractivity contribution >= 4 is 21.5 Å². The second-order valence-corrected chi connectivity index (χ2v) is 6.59. The third-order valence-electron chi connectivity index (χ3n) is 3.84. The molecule has 2 atom stereocenters. The van der Waals surface area contributed by atoms with Gasteiger partial charge >= 0.3 is 11.9 Å². The third kappa shape index (κ3) is 3.56. The molecule has 2 unspecified atom stereocenters. The molecular formula is C14H20O5Si. The maximum absolute atomic E-state index is 11.6. The van der Waals surface area contributed by atoms with Crippen LogP contribution in [0, 0.1) is 11.8 Å². The fourth-order valence-corrected chi connectivity index (χ4v) is 3.98. The van der Waals surface area contributed by atoms with Gasteiger partial charge in [-0.15, -0.1) is 0 Å². The van der Waals surface area contributed by atoms with Crippen LogP contribution in [0.25, 0.3) is 0 Å². The molecule has 110 valence electrons. The number of hydrogen-bond acceptors (Lipinski definition) is 5. The number of cyclic esters (lactones) is 2. The molecule has 0 aromatic heterocycles. The average molecular weight is 296 g/mol. The lowest BCUT2D eigenvalue weighted by Gasteiger charge is -2.20. The molecule has 2 aliphatic rings. The second kappa shape index (κ2) is 7.15. The Labute approximate surface area is 121 Å². The zero-order chi connectivity index (χ0) is 14.5. The van der Waals surface area contributed by atoms with E-state index in [2.05, 4.69) is 6.08 Å². The Kier molecular flexibility index (Phi) is 5.51. The third-order valence-corrected chi connectivity index (χ3v) is 5.31. The molecule has 1 fully saturated rings. The molecule has 6 heteroatoms. The number of fused-ring (bicyclic) bond motifs is 1. The van der Waals surface area contributed by atoms with E-state index in [1.165, 1.54) is 5.20 Å². The molecule has 1 aliphatic heterocycles. The maximum Gasteiger partial charge on any atom is 0.317 e. The van der Waals surface area contributed by atoms with Gasteiger partial charge in [0.1, 0.15) is 0 Å². The Morgan fingerprint density at radius 3 is 2.70 bits per heavy atom. The van der Waals surface area contributed by atoms with Gasteiger partial charge in [-0.05, 0) is 19.3 Å². The predicted octanol–water partition coefficient (Wildman–Crippen LogP) is 1.50. The summed E-state index contributed by atoms with van der Waals surface area (Å²) >= 11 is 0. The van der Waals surface area contributed by atoms with Crippen molar-refractivity contribution in [2.45, 2.75) is 38.0 Å². The Balaban J connectivity index is 1.74. The molecule has 5 nitrogen and oxygen atoms in total. The summed E-state index contributed by atoms with van der Waals surface area (Å²) in [5.41, 5.74) is 0. The van der Waals surface area contributed by atoms with Crippen LogP contribution < -0.4 is 0 Å². The van der Waals surface area contributed by atoms with Gasteiger partial charge < -0.3 is 14.2 Å². The summed E-state index contributed by atoms with van der Waals surface area (Å²) in [5.74, 6) is -1.15. The van der Waals surface area contributed by atoms with E-state index >= 15 is 0 Å². The van der Waals surface area contributed by atoms with Crippen LogP contribution in [0.2, 0.25) is 6.04 Å². The molecule has 2 rings (SSSR count). The highest BCUT2D eigenvalue weighted by Crippen LogP contribution is 2.36. The number of methoxy groups -OCH3 is 2. The summed E-state index contributed by atoms with van der Waals surface area (Å²) in [4.78, 5) is 23.0. The number of esters is 2. The summed E-state index contributed by atoms with van der Waals surface area (Å²) in [6, 6.07) is 1.06. The van der Waals surface area contributed by atoms with Gasteiger partial charge in [-0.1, -0.05) is 23.7 Å². The van der Waals surface area contributed by atoms with Crippen molar-refractivity contribution in [3.63, 3.8) is 0 Å². The van der Waals surface area contributed by atoms with Gasteiger partial charge in [-0.3, -0.25) is 9.59 Å². The first kappa shape index (κ1) is 15.4. The van der Waals surface area contributed by atoms with Crippen LogP contribution >= 0.6 is 0 Å². The van der Waals surface area contributed by atoms with Crippen LogP contribution in [-0.2, 0) is 23.8 Å². The van der Waals surface area contributed by atoms with Crippen molar-refractivity contribution in [1.29, 1.82) is 0 Å². The van der Waals surface area contributed by atoms with Crippen LogP contribution in [0.15, 0.2) is 11.3 Å². The monoisotopic (exact) mass is 296 g/mol. The summed E-state index contributed by atoms with van der Waals surface area (Å²) in [5, 5.41) is 1.30. The first-order chi connectivity index (χ1) is 9.65. The molecular weight excluding hydrogens is 276 g/mol. The number of carbonyl (C=O) groups is 2. The molecule has 0 saturated carbocycles. The zero-order valence-corrected chi connectivity index (χ0v) is 12.9. The lowest BCUT2D eigenvalue weighted by atomic mass is 9.85. The highest BCUT2D eigenvalue weighted by molar-refractivity contribution is 6.45. The van der Waals surface area contributed by atoms with E-state index in [0.717, 1.165) is 18.9 Å². The summed E-state index contributed by atoms with van der Waals surface area (Å²) in [6.45, 7) is 0. The molecule has 1 heterocycles. The lowest BCUT2D eigenvalue weighted by molar-refractivity contribution is -0.153. The lowest BCUT2D eigenvalue weighted by Crippen LogP contribution is -2.23. The summed E-state index contributed by atoms with van der Waals surface area (Å²) < 4.78 is 15.0. The molecule has 0 aromatic carbocycles. The van der Waals surface area contributed by atoms with E-state index in [1.807, 2.05) is 0 Å². The number of carbonyl (C=O) groups excluding carboxylic acids is 2. The van der Waals surface area contributed by atoms with Gasteiger partial charge in [0.05, 0.1) is 21.4 Å². The Morgan fingerprint density at radius 2 is 2.00 bits per heavy atom. The minimum absolute atomic E-state index is 0.132. The summed E-state index contributed by atoms with van der Waals surface area (Å²) in [6.07, 6.45) is 5.22. The molecule has 0 N–H and O–H groups in total. The van der Waals surface area contributed by atoms with E-state index in [0.29, 0.717) is 22.4 Å². The van der Waals surface area contributed by atoms with E-state index < -0.39 is 0 Å². The van der Waals surface area contributed by atoms with E-state index in [1.54, 1.807) is 14.2 Å². The van der Waals surface area contributed by atoms with E-state index in [-0.39, 0.29) is 30.1 Å². The van der Waals surface area contributed by atoms with Crippen LogP contribution in [0.5, 0.6) is 0 Å². The fourth-order valence-electron chi connectivity index (χ4n) is 2.65. The van der Waals surface area contributed by atoms with E-state index in [4.69, 9.17) is 14.2 Å². The largest absolute Gasteiger partial charge is 0.393 e. The summed E-state index contributed by atoms with van der Waals surface area (Å²) in [7, 11) is 3.99. The number of rotatable bonds is 7. The molecule has 20 heavy (non-hydrogen) atoms. The standard InChI is InChI=1S/C14H20O5Si/c1-17-12(18-2)4-3-7-20-9-5-6-10-11(8-9)14(16)19-13(10)15/h5,10-12H,3-4,6-8H2,1-2H3. The Hall–Kier alpha value is -0.983. The minimum atomic E-state index is -0.346. The molecule has 0 bridgehead atoms. The predicted molar refractivity (Wildman–Crippen MR) is 73.0 cm³/mol. The van der Waals surface area contributed by atoms with Crippen LogP contribution in [-0.4, -0.2) is 42.0 Å². The topological polar surface area (TPSA) is 61.8 Å². The maximum atomic E-state index is 11.6. The highest BCUT2D eigenvalue weighted by Gasteiger charge is 2.45. The van der Waals surface area contributed by atoms with Crippen LogP contribution in [0.3, 0.4) is 0 Å². The van der Waals surface area contributed by atoms with Gasteiger partial charge in [0.25, 0.3) is 0 Å². The first-order valence-electron chi connectivity index (χ1n) is 6.89. The molecule has 0 aromatic rings. The SMILES string of the molecule is COC(CCC[Si]C1=CCC2C(=O)OC(=O)C2C1)OC. The van der Waals surface area contributed by atoms with Crippen LogP contribution in [0.4, 0.5) is 0 Å². The van der Waals surface area contributed by atoms with Gasteiger partial charge in [-0.2, -0.15) is 0 Å². The van der Waals surface area contributed by atoms with Gasteiger partial charge in [-0.25, -0.2) is 0 Å². The number of ether oxygens (including phenoxy) is 3. The highest BCUT2D eigenvalue weighted by atomic mass is 28.2. The minimum Gasteiger partial charge on any atom is -0.393 e. The molecule has 0 spiro atoms. The quantitative estimate of drug-likeness (QED) is 0.234. The molecule has 0 amide bonds. The normalized spacial score (nSPS) is 25.6. The molecule has 1 aliphatic carbocycles. The smallest absolute Gasteiger partial charge is 0.317 e. The van der Waals surface area contributed by atoms with Crippen molar-refractivity contribution in [2.24, 2.45) is 11.8 Å². The van der Waals surface area contributed by atoms with Crippen molar-refractivity contribution in [2.75, 3.05) is 14.2 Å². The fraction of sp³-hybridized carbons (Fsp3) is 0.714. The van der Waals surface area contributed by atoms with Crippen molar-refractivity contribution < 1.29 is 23.8 Å². The Morgan fingerprint density at radius 1 is 1.30 bits per heavy atom. The zero-order valence-electron chi connectivity index (χ0n) is 11.9.